The summed E-state index contributed by atoms with van der Waals surface area (Å²) in [4.78, 5) is 27.4. The molecule has 8 heteroatoms. The van der Waals surface area contributed by atoms with E-state index in [9.17, 15) is 20.2 Å². The predicted molar refractivity (Wildman–Crippen MR) is 109 cm³/mol. The van der Waals surface area contributed by atoms with Crippen LogP contribution in [-0.2, 0) is 4.79 Å². The fraction of sp³-hybridized carbons (Fsp3) is 0.190. The van der Waals surface area contributed by atoms with E-state index in [1.165, 1.54) is 23.5 Å². The number of carbonyl (C=O) groups is 1. The van der Waals surface area contributed by atoms with Gasteiger partial charge in [0.05, 0.1) is 16.7 Å². The maximum Gasteiger partial charge on any atom is 0.270 e. The van der Waals surface area contributed by atoms with Crippen LogP contribution in [0.1, 0.15) is 22.1 Å². The first kappa shape index (κ1) is 20.2. The summed E-state index contributed by atoms with van der Waals surface area (Å²) in [5.74, 6) is -0.850. The highest BCUT2D eigenvalue weighted by Gasteiger charge is 2.25. The third kappa shape index (κ3) is 4.47. The molecular formula is C21H17N3O4S. The van der Waals surface area contributed by atoms with E-state index in [1.807, 2.05) is 32.0 Å². The Hall–Kier alpha value is -3.57. The zero-order valence-corrected chi connectivity index (χ0v) is 16.6. The van der Waals surface area contributed by atoms with Crippen LogP contribution in [0.3, 0.4) is 0 Å². The fourth-order valence-corrected chi connectivity index (χ4v) is 3.60. The molecule has 0 aliphatic heterocycles. The van der Waals surface area contributed by atoms with E-state index in [2.05, 4.69) is 4.98 Å². The van der Waals surface area contributed by atoms with Gasteiger partial charge in [0.15, 0.2) is 11.7 Å². The summed E-state index contributed by atoms with van der Waals surface area (Å²) in [6.07, 6.45) is 0. The zero-order chi connectivity index (χ0) is 21.0. The van der Waals surface area contributed by atoms with E-state index >= 15 is 0 Å². The lowest BCUT2D eigenvalue weighted by Crippen LogP contribution is -2.19. The minimum absolute atomic E-state index is 0.0492. The SMILES string of the molecule is Cc1cccc(OCC(=O)C(C#N)c2nc(-c3cccc([N+](=O)[O-])c3)cs2)c1C. The Morgan fingerprint density at radius 2 is 2.07 bits per heavy atom. The second kappa shape index (κ2) is 8.63. The average Bonchev–Trinajstić information content (AvgIpc) is 3.19. The van der Waals surface area contributed by atoms with Gasteiger partial charge < -0.3 is 4.74 Å². The molecule has 0 aliphatic carbocycles. The molecule has 0 amide bonds. The highest BCUT2D eigenvalue weighted by Crippen LogP contribution is 2.29. The molecule has 0 N–H and O–H groups in total. The number of aromatic nitrogens is 1. The molecule has 1 aromatic heterocycles. The molecule has 0 bridgehead atoms. The lowest BCUT2D eigenvalue weighted by atomic mass is 10.1. The second-order valence-corrected chi connectivity index (χ2v) is 7.28. The van der Waals surface area contributed by atoms with Crippen LogP contribution in [0, 0.1) is 35.3 Å². The van der Waals surface area contributed by atoms with Crippen LogP contribution in [-0.4, -0.2) is 22.3 Å². The summed E-state index contributed by atoms with van der Waals surface area (Å²) in [5, 5.41) is 22.5. The van der Waals surface area contributed by atoms with Gasteiger partial charge in [0, 0.05) is 23.1 Å². The average molecular weight is 407 g/mol. The Labute approximate surface area is 171 Å². The molecule has 0 radical (unpaired) electrons. The van der Waals surface area contributed by atoms with Crippen molar-refractivity contribution in [2.24, 2.45) is 0 Å². The van der Waals surface area contributed by atoms with Gasteiger partial charge in [-0.15, -0.1) is 11.3 Å². The summed E-state index contributed by atoms with van der Waals surface area (Å²) in [7, 11) is 0. The smallest absolute Gasteiger partial charge is 0.270 e. The van der Waals surface area contributed by atoms with Crippen molar-refractivity contribution in [1.82, 2.24) is 4.98 Å². The number of ether oxygens (including phenoxy) is 1. The first-order valence-electron chi connectivity index (χ1n) is 8.72. The molecule has 0 saturated heterocycles. The molecule has 29 heavy (non-hydrogen) atoms. The molecule has 1 unspecified atom stereocenters. The molecule has 1 heterocycles. The van der Waals surface area contributed by atoms with Crippen molar-refractivity contribution in [3.05, 3.63) is 74.1 Å². The van der Waals surface area contributed by atoms with Crippen LogP contribution < -0.4 is 4.74 Å². The van der Waals surface area contributed by atoms with E-state index < -0.39 is 16.6 Å². The molecule has 3 rings (SSSR count). The minimum atomic E-state index is -1.06. The number of ketones is 1. The second-order valence-electron chi connectivity index (χ2n) is 6.39. The van der Waals surface area contributed by atoms with E-state index in [-0.39, 0.29) is 12.3 Å². The van der Waals surface area contributed by atoms with Crippen LogP contribution in [0.15, 0.2) is 47.8 Å². The van der Waals surface area contributed by atoms with Crippen LogP contribution in [0.2, 0.25) is 0 Å². The molecule has 0 saturated carbocycles. The quantitative estimate of drug-likeness (QED) is 0.419. The van der Waals surface area contributed by atoms with Gasteiger partial charge in [-0.05, 0) is 31.0 Å². The van der Waals surface area contributed by atoms with E-state index in [0.717, 1.165) is 11.1 Å². The normalized spacial score (nSPS) is 11.5. The van der Waals surface area contributed by atoms with Crippen LogP contribution in [0.4, 0.5) is 5.69 Å². The lowest BCUT2D eigenvalue weighted by molar-refractivity contribution is -0.384. The lowest BCUT2D eigenvalue weighted by Gasteiger charge is -2.11. The first-order valence-corrected chi connectivity index (χ1v) is 9.60. The van der Waals surface area contributed by atoms with Gasteiger partial charge in [-0.3, -0.25) is 14.9 Å². The number of nitro groups is 1. The van der Waals surface area contributed by atoms with Crippen molar-refractivity contribution in [3.63, 3.8) is 0 Å². The number of Topliss-reactive ketones (excluding diaryl/α,β-unsaturated/α-hetero) is 1. The molecule has 1 atom stereocenters. The number of aryl methyl sites for hydroxylation is 1. The number of carbonyl (C=O) groups excluding carboxylic acids is 1. The summed E-state index contributed by atoms with van der Waals surface area (Å²) in [6, 6.07) is 13.6. The Kier molecular flexibility index (Phi) is 6.00. The van der Waals surface area contributed by atoms with Crippen molar-refractivity contribution in [2.45, 2.75) is 19.8 Å². The van der Waals surface area contributed by atoms with Gasteiger partial charge in [-0.2, -0.15) is 5.26 Å². The number of hydrogen-bond acceptors (Lipinski definition) is 7. The summed E-state index contributed by atoms with van der Waals surface area (Å²) < 4.78 is 5.62. The summed E-state index contributed by atoms with van der Waals surface area (Å²) in [5.41, 5.74) is 2.98. The van der Waals surface area contributed by atoms with Crippen molar-refractivity contribution >= 4 is 22.8 Å². The molecule has 7 nitrogen and oxygen atoms in total. The van der Waals surface area contributed by atoms with Crippen molar-refractivity contribution in [2.75, 3.05) is 6.61 Å². The standard InChI is InChI=1S/C21H17N3O4S/c1-13-5-3-8-20(14(13)2)28-11-19(25)17(10-22)21-23-18(12-29-21)15-6-4-7-16(9-15)24(26)27/h3-9,12,17H,11H2,1-2H3. The first-order chi connectivity index (χ1) is 13.9. The van der Waals surface area contributed by atoms with Crippen molar-refractivity contribution < 1.29 is 14.5 Å². The number of nitriles is 1. The number of hydrogen-bond donors (Lipinski definition) is 0. The Morgan fingerprint density at radius 1 is 1.31 bits per heavy atom. The molecule has 146 valence electrons. The fourth-order valence-electron chi connectivity index (χ4n) is 2.71. The van der Waals surface area contributed by atoms with Crippen LogP contribution in [0.25, 0.3) is 11.3 Å². The Bertz CT molecular complexity index is 1120. The van der Waals surface area contributed by atoms with Gasteiger partial charge >= 0.3 is 0 Å². The number of benzene rings is 2. The van der Waals surface area contributed by atoms with E-state index in [0.29, 0.717) is 22.0 Å². The number of nitro benzene ring substituents is 1. The topological polar surface area (TPSA) is 106 Å². The molecular weight excluding hydrogens is 390 g/mol. The van der Waals surface area contributed by atoms with Gasteiger partial charge in [-0.1, -0.05) is 24.3 Å². The van der Waals surface area contributed by atoms with Gasteiger partial charge in [0.2, 0.25) is 0 Å². The molecule has 3 aromatic rings. The maximum absolute atomic E-state index is 12.6. The van der Waals surface area contributed by atoms with E-state index in [1.54, 1.807) is 23.6 Å². The number of thiazole rings is 1. The summed E-state index contributed by atoms with van der Waals surface area (Å²) in [6.45, 7) is 3.62. The number of non-ortho nitro benzene ring substituents is 1. The molecule has 0 aliphatic rings. The number of nitrogens with zero attached hydrogens (tertiary/aromatic N) is 3. The molecule has 2 aromatic carbocycles. The predicted octanol–water partition coefficient (Wildman–Crippen LogP) is 4.59. The number of rotatable bonds is 7. The molecule has 0 fully saturated rings. The van der Waals surface area contributed by atoms with Crippen molar-refractivity contribution in [1.29, 1.82) is 5.26 Å². The van der Waals surface area contributed by atoms with Crippen LogP contribution in [0.5, 0.6) is 5.75 Å². The third-order valence-corrected chi connectivity index (χ3v) is 5.41. The van der Waals surface area contributed by atoms with Gasteiger partial charge in [0.1, 0.15) is 17.4 Å². The third-order valence-electron chi connectivity index (χ3n) is 4.50. The van der Waals surface area contributed by atoms with E-state index in [4.69, 9.17) is 4.74 Å². The maximum atomic E-state index is 12.6. The Balaban J connectivity index is 1.76. The molecule has 0 spiro atoms. The van der Waals surface area contributed by atoms with Gasteiger partial charge in [0.25, 0.3) is 5.69 Å². The highest BCUT2D eigenvalue weighted by molar-refractivity contribution is 7.10. The zero-order valence-electron chi connectivity index (χ0n) is 15.8. The highest BCUT2D eigenvalue weighted by atomic mass is 32.1. The Morgan fingerprint density at radius 3 is 2.79 bits per heavy atom. The van der Waals surface area contributed by atoms with Gasteiger partial charge in [-0.25, -0.2) is 4.98 Å². The monoisotopic (exact) mass is 407 g/mol. The minimum Gasteiger partial charge on any atom is -0.485 e. The van der Waals surface area contributed by atoms with Crippen molar-refractivity contribution in [3.8, 4) is 23.1 Å². The largest absolute Gasteiger partial charge is 0.485 e. The summed E-state index contributed by atoms with van der Waals surface area (Å²) >= 11 is 1.17. The van der Waals surface area contributed by atoms with Crippen LogP contribution >= 0.6 is 11.3 Å².